The molecule has 0 radical (unpaired) electrons. The van der Waals surface area contributed by atoms with Gasteiger partial charge in [-0.2, -0.15) is 0 Å². The highest BCUT2D eigenvalue weighted by molar-refractivity contribution is 5.78. The van der Waals surface area contributed by atoms with Gasteiger partial charge in [0.05, 0.1) is 6.10 Å². The summed E-state index contributed by atoms with van der Waals surface area (Å²) in [6, 6.07) is 0.480. The van der Waals surface area contributed by atoms with Crippen LogP contribution in [0.1, 0.15) is 52.4 Å². The highest BCUT2D eigenvalue weighted by Crippen LogP contribution is 2.57. The first kappa shape index (κ1) is 13.7. The maximum atomic E-state index is 5.94. The summed E-state index contributed by atoms with van der Waals surface area (Å²) in [5, 5.41) is 3.40. The molecule has 0 aromatic heterocycles. The van der Waals surface area contributed by atoms with Crippen molar-refractivity contribution in [1.29, 1.82) is 0 Å². The molecule has 0 saturated heterocycles. The zero-order chi connectivity index (χ0) is 13.0. The van der Waals surface area contributed by atoms with Crippen molar-refractivity contribution in [3.8, 4) is 0 Å². The lowest BCUT2D eigenvalue weighted by Gasteiger charge is -2.61. The van der Waals surface area contributed by atoms with Gasteiger partial charge in [-0.1, -0.05) is 19.8 Å². The summed E-state index contributed by atoms with van der Waals surface area (Å²) in [6.45, 7) is 5.90. The van der Waals surface area contributed by atoms with E-state index in [1.807, 2.05) is 0 Å². The van der Waals surface area contributed by atoms with Crippen molar-refractivity contribution in [1.82, 2.24) is 5.32 Å². The summed E-state index contributed by atoms with van der Waals surface area (Å²) in [5.41, 5.74) is 6.30. The molecule has 0 aliphatic heterocycles. The third-order valence-electron chi connectivity index (χ3n) is 4.55. The highest BCUT2D eigenvalue weighted by Gasteiger charge is 2.59. The van der Waals surface area contributed by atoms with E-state index in [2.05, 4.69) is 24.2 Å². The zero-order valence-corrected chi connectivity index (χ0v) is 11.7. The molecular formula is C14H27N3O. The van der Waals surface area contributed by atoms with Gasteiger partial charge in [-0.15, -0.1) is 0 Å². The molecule has 2 aliphatic carbocycles. The number of guanidine groups is 1. The SMILES string of the molecule is CCCCN=C(N)NC1CC(OCC)C12CCC2. The fourth-order valence-corrected chi connectivity index (χ4v) is 3.22. The zero-order valence-electron chi connectivity index (χ0n) is 11.7. The Morgan fingerprint density at radius 1 is 1.44 bits per heavy atom. The molecule has 2 unspecified atom stereocenters. The van der Waals surface area contributed by atoms with E-state index >= 15 is 0 Å². The molecule has 0 amide bonds. The minimum atomic E-state index is 0.362. The molecule has 0 heterocycles. The van der Waals surface area contributed by atoms with Crippen LogP contribution in [0.15, 0.2) is 4.99 Å². The number of aliphatic imine (C=N–C) groups is 1. The van der Waals surface area contributed by atoms with E-state index in [1.165, 1.54) is 19.3 Å². The average molecular weight is 253 g/mol. The smallest absolute Gasteiger partial charge is 0.188 e. The van der Waals surface area contributed by atoms with Crippen LogP contribution in [0.5, 0.6) is 0 Å². The Bertz CT molecular complexity index is 299. The van der Waals surface area contributed by atoms with E-state index in [9.17, 15) is 0 Å². The van der Waals surface area contributed by atoms with Gasteiger partial charge < -0.3 is 15.8 Å². The highest BCUT2D eigenvalue weighted by atomic mass is 16.5. The number of hydrogen-bond donors (Lipinski definition) is 2. The van der Waals surface area contributed by atoms with Crippen molar-refractivity contribution >= 4 is 5.96 Å². The minimum Gasteiger partial charge on any atom is -0.378 e. The van der Waals surface area contributed by atoms with Crippen LogP contribution in [0.2, 0.25) is 0 Å². The molecule has 2 rings (SSSR count). The summed E-state index contributed by atoms with van der Waals surface area (Å²) in [4.78, 5) is 4.37. The van der Waals surface area contributed by atoms with Gasteiger partial charge >= 0.3 is 0 Å². The molecule has 2 atom stereocenters. The number of unbranched alkanes of at least 4 members (excludes halogenated alkanes) is 1. The normalized spacial score (nSPS) is 29.8. The van der Waals surface area contributed by atoms with Crippen molar-refractivity contribution in [3.05, 3.63) is 0 Å². The van der Waals surface area contributed by atoms with Crippen molar-refractivity contribution in [2.24, 2.45) is 16.1 Å². The van der Waals surface area contributed by atoms with Crippen molar-refractivity contribution in [2.75, 3.05) is 13.2 Å². The molecule has 2 saturated carbocycles. The summed E-state index contributed by atoms with van der Waals surface area (Å²) < 4.78 is 5.83. The van der Waals surface area contributed by atoms with Crippen molar-refractivity contribution in [2.45, 2.75) is 64.5 Å². The Balaban J connectivity index is 1.82. The number of hydrogen-bond acceptors (Lipinski definition) is 2. The second-order valence-corrected chi connectivity index (χ2v) is 5.58. The van der Waals surface area contributed by atoms with E-state index in [-0.39, 0.29) is 0 Å². The lowest BCUT2D eigenvalue weighted by atomic mass is 9.51. The minimum absolute atomic E-state index is 0.362. The molecule has 0 bridgehead atoms. The Kier molecular flexibility index (Phi) is 4.49. The van der Waals surface area contributed by atoms with E-state index in [4.69, 9.17) is 10.5 Å². The summed E-state index contributed by atoms with van der Waals surface area (Å²) >= 11 is 0. The van der Waals surface area contributed by atoms with Crippen LogP contribution < -0.4 is 11.1 Å². The second-order valence-electron chi connectivity index (χ2n) is 5.58. The Hall–Kier alpha value is -0.770. The molecule has 3 N–H and O–H groups in total. The fraction of sp³-hybridized carbons (Fsp3) is 0.929. The van der Waals surface area contributed by atoms with Crippen LogP contribution in [0.4, 0.5) is 0 Å². The van der Waals surface area contributed by atoms with Gasteiger partial charge in [-0.3, -0.25) is 4.99 Å². The largest absolute Gasteiger partial charge is 0.378 e. The number of rotatable bonds is 6. The molecule has 104 valence electrons. The average Bonchev–Trinajstić information content (AvgIpc) is 2.25. The predicted molar refractivity (Wildman–Crippen MR) is 74.6 cm³/mol. The first-order chi connectivity index (χ1) is 8.73. The van der Waals surface area contributed by atoms with Gasteiger partial charge in [0.15, 0.2) is 5.96 Å². The Morgan fingerprint density at radius 3 is 2.78 bits per heavy atom. The number of nitrogens with one attached hydrogen (secondary N) is 1. The molecule has 0 aromatic rings. The van der Waals surface area contributed by atoms with Crippen LogP contribution in [0.25, 0.3) is 0 Å². The van der Waals surface area contributed by atoms with E-state index < -0.39 is 0 Å². The Labute approximate surface area is 110 Å². The monoisotopic (exact) mass is 253 g/mol. The van der Waals surface area contributed by atoms with Crippen LogP contribution in [0.3, 0.4) is 0 Å². The fourth-order valence-electron chi connectivity index (χ4n) is 3.22. The van der Waals surface area contributed by atoms with Gasteiger partial charge in [0.2, 0.25) is 0 Å². The van der Waals surface area contributed by atoms with Crippen LogP contribution in [-0.2, 0) is 4.74 Å². The van der Waals surface area contributed by atoms with Gasteiger partial charge in [-0.25, -0.2) is 0 Å². The molecule has 2 fully saturated rings. The van der Waals surface area contributed by atoms with Crippen molar-refractivity contribution in [3.63, 3.8) is 0 Å². The summed E-state index contributed by atoms with van der Waals surface area (Å²) in [7, 11) is 0. The molecule has 4 nitrogen and oxygen atoms in total. The lowest BCUT2D eigenvalue weighted by molar-refractivity contribution is -0.168. The maximum absolute atomic E-state index is 5.94. The third kappa shape index (κ3) is 2.48. The number of nitrogens with zero attached hydrogens (tertiary/aromatic N) is 1. The van der Waals surface area contributed by atoms with Gasteiger partial charge in [0.25, 0.3) is 0 Å². The lowest BCUT2D eigenvalue weighted by Crippen LogP contribution is -2.68. The van der Waals surface area contributed by atoms with Crippen molar-refractivity contribution < 1.29 is 4.74 Å². The molecular weight excluding hydrogens is 226 g/mol. The quantitative estimate of drug-likeness (QED) is 0.432. The summed E-state index contributed by atoms with van der Waals surface area (Å²) in [6.07, 6.45) is 7.68. The maximum Gasteiger partial charge on any atom is 0.188 e. The van der Waals surface area contributed by atoms with Crippen LogP contribution in [-0.4, -0.2) is 31.3 Å². The third-order valence-corrected chi connectivity index (χ3v) is 4.55. The first-order valence-electron chi connectivity index (χ1n) is 7.41. The second kappa shape index (κ2) is 5.91. The molecule has 0 aromatic carbocycles. The van der Waals surface area contributed by atoms with Gasteiger partial charge in [0.1, 0.15) is 0 Å². The topological polar surface area (TPSA) is 59.6 Å². The van der Waals surface area contributed by atoms with E-state index in [0.717, 1.165) is 32.4 Å². The number of ether oxygens (including phenoxy) is 1. The van der Waals surface area contributed by atoms with Gasteiger partial charge in [0, 0.05) is 24.6 Å². The molecule has 4 heteroatoms. The predicted octanol–water partition coefficient (Wildman–Crippen LogP) is 2.04. The van der Waals surface area contributed by atoms with E-state index in [0.29, 0.717) is 23.5 Å². The summed E-state index contributed by atoms with van der Waals surface area (Å²) in [5.74, 6) is 0.620. The molecule has 2 aliphatic rings. The van der Waals surface area contributed by atoms with Crippen LogP contribution in [0, 0.1) is 5.41 Å². The Morgan fingerprint density at radius 2 is 2.22 bits per heavy atom. The molecule has 1 spiro atoms. The van der Waals surface area contributed by atoms with Crippen LogP contribution >= 0.6 is 0 Å². The van der Waals surface area contributed by atoms with Gasteiger partial charge in [-0.05, 0) is 32.6 Å². The molecule has 18 heavy (non-hydrogen) atoms. The van der Waals surface area contributed by atoms with E-state index in [1.54, 1.807) is 0 Å². The first-order valence-corrected chi connectivity index (χ1v) is 7.41. The number of nitrogens with two attached hydrogens (primary N) is 1. The standard InChI is InChI=1S/C14H27N3O/c1-3-5-9-16-13(15)17-11-10-12(18-4-2)14(11)7-6-8-14/h11-12H,3-10H2,1-2H3,(H3,15,16,17).